The molecule has 0 aliphatic carbocycles. The molecular weight excluding hydrogens is 216 g/mol. The molecule has 0 aromatic rings. The van der Waals surface area contributed by atoms with Crippen molar-refractivity contribution in [1.29, 1.82) is 0 Å². The lowest BCUT2D eigenvalue weighted by Gasteiger charge is -2.38. The first-order valence-electron chi connectivity index (χ1n) is 6.83. The highest BCUT2D eigenvalue weighted by Crippen LogP contribution is 2.16. The quantitative estimate of drug-likeness (QED) is 0.703. The number of fused-ring (bicyclic) bond motifs is 1. The van der Waals surface area contributed by atoms with Crippen LogP contribution in [0.25, 0.3) is 0 Å². The fourth-order valence-corrected chi connectivity index (χ4v) is 3.23. The van der Waals surface area contributed by atoms with Gasteiger partial charge in [0.2, 0.25) is 0 Å². The summed E-state index contributed by atoms with van der Waals surface area (Å²) in [7, 11) is 0. The van der Waals surface area contributed by atoms with E-state index in [1.807, 2.05) is 4.90 Å². The van der Waals surface area contributed by atoms with Gasteiger partial charge in [0.15, 0.2) is 0 Å². The molecule has 3 saturated heterocycles. The van der Waals surface area contributed by atoms with Crippen LogP contribution in [0.4, 0.5) is 4.79 Å². The Morgan fingerprint density at radius 1 is 1.29 bits per heavy atom. The molecule has 17 heavy (non-hydrogen) atoms. The minimum atomic E-state index is 0.130. The molecule has 2 N–H and O–H groups in total. The third-order valence-corrected chi connectivity index (χ3v) is 4.21. The number of carbonyl (C=O) groups excluding carboxylic acids is 1. The van der Waals surface area contributed by atoms with Crippen molar-refractivity contribution in [1.82, 2.24) is 20.4 Å². The third kappa shape index (κ3) is 2.40. The van der Waals surface area contributed by atoms with Gasteiger partial charge in [0.1, 0.15) is 0 Å². The summed E-state index contributed by atoms with van der Waals surface area (Å²) in [5.74, 6) is 0. The van der Waals surface area contributed by atoms with E-state index in [9.17, 15) is 4.79 Å². The molecule has 2 amide bonds. The molecule has 3 heterocycles. The highest BCUT2D eigenvalue weighted by molar-refractivity contribution is 5.77. The first-order valence-corrected chi connectivity index (χ1v) is 6.83. The number of piperidine rings is 1. The molecule has 0 radical (unpaired) electrons. The minimum absolute atomic E-state index is 0.130. The average molecular weight is 238 g/mol. The highest BCUT2D eigenvalue weighted by Gasteiger charge is 2.35. The third-order valence-electron chi connectivity index (χ3n) is 4.21. The Hall–Kier alpha value is -0.810. The van der Waals surface area contributed by atoms with Crippen LogP contribution in [0.3, 0.4) is 0 Å². The van der Waals surface area contributed by atoms with Crippen LogP contribution < -0.4 is 10.6 Å². The lowest BCUT2D eigenvalue weighted by atomic mass is 10.0. The normalized spacial score (nSPS) is 34.6. The second kappa shape index (κ2) is 4.82. The number of nitrogens with zero attached hydrogens (tertiary/aromatic N) is 2. The molecule has 5 heteroatoms. The van der Waals surface area contributed by atoms with Crippen LogP contribution in [0.2, 0.25) is 0 Å². The average Bonchev–Trinajstić information content (AvgIpc) is 2.72. The number of hydrogen-bond donors (Lipinski definition) is 2. The monoisotopic (exact) mass is 238 g/mol. The maximum atomic E-state index is 11.5. The van der Waals surface area contributed by atoms with E-state index in [4.69, 9.17) is 0 Å². The van der Waals surface area contributed by atoms with Crippen LogP contribution in [0.1, 0.15) is 19.3 Å². The lowest BCUT2D eigenvalue weighted by Crippen LogP contribution is -2.55. The standard InChI is InChI=1S/C12H22N4O/c17-12-14-7-11-9-15(5-6-16(11)12)8-10-3-1-2-4-13-10/h10-11,13H,1-9H2,(H,14,17). The number of urea groups is 1. The number of amides is 2. The predicted molar refractivity (Wildman–Crippen MR) is 66.0 cm³/mol. The Balaban J connectivity index is 1.51. The van der Waals surface area contributed by atoms with Gasteiger partial charge in [0.25, 0.3) is 0 Å². The lowest BCUT2D eigenvalue weighted by molar-refractivity contribution is 0.110. The molecule has 3 aliphatic heterocycles. The Labute approximate surface area is 103 Å². The summed E-state index contributed by atoms with van der Waals surface area (Å²) in [4.78, 5) is 16.0. The molecule has 3 aliphatic rings. The van der Waals surface area contributed by atoms with Crippen molar-refractivity contribution in [3.8, 4) is 0 Å². The van der Waals surface area contributed by atoms with Crippen LogP contribution >= 0.6 is 0 Å². The van der Waals surface area contributed by atoms with E-state index in [2.05, 4.69) is 15.5 Å². The van der Waals surface area contributed by atoms with Gasteiger partial charge in [-0.15, -0.1) is 0 Å². The number of nitrogens with one attached hydrogen (secondary N) is 2. The summed E-state index contributed by atoms with van der Waals surface area (Å²) < 4.78 is 0. The van der Waals surface area contributed by atoms with Gasteiger partial charge in [-0.05, 0) is 19.4 Å². The van der Waals surface area contributed by atoms with Crippen molar-refractivity contribution in [3.63, 3.8) is 0 Å². The van der Waals surface area contributed by atoms with E-state index in [-0.39, 0.29) is 6.03 Å². The number of piperazine rings is 1. The van der Waals surface area contributed by atoms with Crippen molar-refractivity contribution in [3.05, 3.63) is 0 Å². The largest absolute Gasteiger partial charge is 0.336 e. The van der Waals surface area contributed by atoms with Crippen LogP contribution in [-0.2, 0) is 0 Å². The molecule has 0 saturated carbocycles. The van der Waals surface area contributed by atoms with Crippen LogP contribution in [0.5, 0.6) is 0 Å². The molecule has 0 aromatic carbocycles. The molecule has 3 rings (SSSR count). The molecule has 0 aromatic heterocycles. The topological polar surface area (TPSA) is 47.6 Å². The number of rotatable bonds is 2. The van der Waals surface area contributed by atoms with Gasteiger partial charge in [0.05, 0.1) is 6.04 Å². The van der Waals surface area contributed by atoms with E-state index in [0.29, 0.717) is 12.1 Å². The van der Waals surface area contributed by atoms with E-state index < -0.39 is 0 Å². The molecule has 2 unspecified atom stereocenters. The van der Waals surface area contributed by atoms with Crippen molar-refractivity contribution in [2.45, 2.75) is 31.3 Å². The summed E-state index contributed by atoms with van der Waals surface area (Å²) in [6, 6.07) is 1.20. The Kier molecular flexibility index (Phi) is 3.20. The maximum Gasteiger partial charge on any atom is 0.317 e. The molecular formula is C12H22N4O. The zero-order valence-corrected chi connectivity index (χ0v) is 10.3. The van der Waals surface area contributed by atoms with Crippen LogP contribution in [-0.4, -0.2) is 67.2 Å². The fourth-order valence-electron chi connectivity index (χ4n) is 3.23. The zero-order valence-electron chi connectivity index (χ0n) is 10.3. The summed E-state index contributed by atoms with van der Waals surface area (Å²) in [6.07, 6.45) is 3.99. The van der Waals surface area contributed by atoms with Crippen molar-refractivity contribution in [2.75, 3.05) is 39.3 Å². The second-order valence-corrected chi connectivity index (χ2v) is 5.44. The van der Waals surface area contributed by atoms with Gasteiger partial charge in [-0.3, -0.25) is 4.90 Å². The van der Waals surface area contributed by atoms with Gasteiger partial charge in [0, 0.05) is 38.8 Å². The Morgan fingerprint density at radius 3 is 3.06 bits per heavy atom. The van der Waals surface area contributed by atoms with Gasteiger partial charge in [-0.25, -0.2) is 4.79 Å². The van der Waals surface area contributed by atoms with Crippen molar-refractivity contribution >= 4 is 6.03 Å². The molecule has 2 atom stereocenters. The first-order chi connectivity index (χ1) is 8.33. The maximum absolute atomic E-state index is 11.5. The molecule has 96 valence electrons. The van der Waals surface area contributed by atoms with E-state index in [1.165, 1.54) is 25.8 Å². The fraction of sp³-hybridized carbons (Fsp3) is 0.917. The molecule has 5 nitrogen and oxygen atoms in total. The van der Waals surface area contributed by atoms with Crippen LogP contribution in [0, 0.1) is 0 Å². The number of carbonyl (C=O) groups is 1. The summed E-state index contributed by atoms with van der Waals surface area (Å²) in [5, 5.41) is 6.53. The molecule has 3 fully saturated rings. The van der Waals surface area contributed by atoms with E-state index in [0.717, 1.165) is 32.7 Å². The van der Waals surface area contributed by atoms with Crippen molar-refractivity contribution in [2.24, 2.45) is 0 Å². The van der Waals surface area contributed by atoms with Crippen molar-refractivity contribution < 1.29 is 4.79 Å². The Morgan fingerprint density at radius 2 is 2.24 bits per heavy atom. The van der Waals surface area contributed by atoms with Gasteiger partial charge in [-0.1, -0.05) is 6.42 Å². The van der Waals surface area contributed by atoms with Gasteiger partial charge < -0.3 is 15.5 Å². The Bertz CT molecular complexity index is 290. The second-order valence-electron chi connectivity index (χ2n) is 5.44. The highest BCUT2D eigenvalue weighted by atomic mass is 16.2. The molecule has 0 spiro atoms. The van der Waals surface area contributed by atoms with Crippen LogP contribution in [0.15, 0.2) is 0 Å². The summed E-state index contributed by atoms with van der Waals surface area (Å²) >= 11 is 0. The molecule has 0 bridgehead atoms. The first kappa shape index (κ1) is 11.3. The van der Waals surface area contributed by atoms with E-state index >= 15 is 0 Å². The van der Waals surface area contributed by atoms with Gasteiger partial charge >= 0.3 is 6.03 Å². The van der Waals surface area contributed by atoms with Gasteiger partial charge in [-0.2, -0.15) is 0 Å². The SMILES string of the molecule is O=C1NCC2CN(CC3CCCCN3)CCN12. The summed E-state index contributed by atoms with van der Waals surface area (Å²) in [6.45, 7) is 6.11. The number of hydrogen-bond acceptors (Lipinski definition) is 3. The predicted octanol–water partition coefficient (Wildman–Crippen LogP) is -0.162. The van der Waals surface area contributed by atoms with E-state index in [1.54, 1.807) is 0 Å². The minimum Gasteiger partial charge on any atom is -0.336 e. The zero-order chi connectivity index (χ0) is 11.7. The smallest absolute Gasteiger partial charge is 0.317 e. The summed E-state index contributed by atoms with van der Waals surface area (Å²) in [5.41, 5.74) is 0.